The highest BCUT2D eigenvalue weighted by Crippen LogP contribution is 2.44. The summed E-state index contributed by atoms with van der Waals surface area (Å²) in [5, 5.41) is 10.7. The van der Waals surface area contributed by atoms with E-state index in [1.165, 1.54) is 0 Å². The van der Waals surface area contributed by atoms with Gasteiger partial charge in [-0.3, -0.25) is 0 Å². The Morgan fingerprint density at radius 1 is 1.04 bits per heavy atom. The van der Waals surface area contributed by atoms with Crippen molar-refractivity contribution in [2.75, 3.05) is 26.2 Å². The molecule has 3 aliphatic heterocycles. The van der Waals surface area contributed by atoms with Crippen molar-refractivity contribution >= 4 is 15.9 Å². The normalized spacial score (nSPS) is 23.6. The first-order valence-electron chi connectivity index (χ1n) is 9.57. The number of hydrogen-bond donors (Lipinski definition) is 1. The van der Waals surface area contributed by atoms with Gasteiger partial charge in [-0.05, 0) is 30.3 Å². The first-order chi connectivity index (χ1) is 13.6. The van der Waals surface area contributed by atoms with Crippen LogP contribution >= 0.6 is 15.9 Å². The third-order valence-electron chi connectivity index (χ3n) is 5.52. The highest BCUT2D eigenvalue weighted by Gasteiger charge is 2.44. The third kappa shape index (κ3) is 3.43. The summed E-state index contributed by atoms with van der Waals surface area (Å²) in [6.45, 7) is 2.46. The summed E-state index contributed by atoms with van der Waals surface area (Å²) in [5.74, 6) is 2.41. The molecule has 0 bridgehead atoms. The van der Waals surface area contributed by atoms with Gasteiger partial charge in [0.25, 0.3) is 5.79 Å². The molecule has 6 nitrogen and oxygen atoms in total. The van der Waals surface area contributed by atoms with E-state index in [9.17, 15) is 5.11 Å². The van der Waals surface area contributed by atoms with Gasteiger partial charge < -0.3 is 29.0 Å². The summed E-state index contributed by atoms with van der Waals surface area (Å²) in [4.78, 5) is 2.23. The smallest absolute Gasteiger partial charge is 0.254 e. The maximum absolute atomic E-state index is 10.7. The van der Waals surface area contributed by atoms with Crippen molar-refractivity contribution < 1.29 is 24.1 Å². The number of benzene rings is 2. The Morgan fingerprint density at radius 2 is 1.79 bits per heavy atom. The predicted octanol–water partition coefficient (Wildman–Crippen LogP) is 3.21. The molecule has 0 aliphatic carbocycles. The molecule has 2 aromatic carbocycles. The van der Waals surface area contributed by atoms with Crippen LogP contribution in [0.3, 0.4) is 0 Å². The molecule has 1 saturated heterocycles. The maximum atomic E-state index is 10.7. The van der Waals surface area contributed by atoms with Crippen molar-refractivity contribution in [3.8, 4) is 23.0 Å². The predicted molar refractivity (Wildman–Crippen MR) is 106 cm³/mol. The molecule has 2 atom stereocenters. The molecule has 0 aromatic heterocycles. The summed E-state index contributed by atoms with van der Waals surface area (Å²) in [6.07, 6.45) is 0.501. The number of fused-ring (bicyclic) bond motifs is 2. The summed E-state index contributed by atoms with van der Waals surface area (Å²) >= 11 is 3.47. The van der Waals surface area contributed by atoms with Crippen LogP contribution in [-0.2, 0) is 0 Å². The van der Waals surface area contributed by atoms with E-state index in [-0.39, 0.29) is 6.10 Å². The fraction of sp³-hybridized carbons (Fsp3) is 0.429. The number of aliphatic hydroxyl groups is 1. The van der Waals surface area contributed by atoms with Gasteiger partial charge in [0.05, 0.1) is 0 Å². The van der Waals surface area contributed by atoms with E-state index >= 15 is 0 Å². The lowest BCUT2D eigenvalue weighted by Crippen LogP contribution is -2.53. The topological polar surface area (TPSA) is 60.4 Å². The van der Waals surface area contributed by atoms with Crippen LogP contribution in [0.15, 0.2) is 46.9 Å². The number of halogens is 1. The molecule has 28 heavy (non-hydrogen) atoms. The second-order valence-corrected chi connectivity index (χ2v) is 8.40. The Labute approximate surface area is 172 Å². The Morgan fingerprint density at radius 3 is 2.61 bits per heavy atom. The van der Waals surface area contributed by atoms with Crippen molar-refractivity contribution in [3.05, 3.63) is 46.9 Å². The van der Waals surface area contributed by atoms with Crippen LogP contribution in [-0.4, -0.2) is 54.2 Å². The average Bonchev–Trinajstić information content (AvgIpc) is 3.06. The molecular formula is C21H22BrNO5. The lowest BCUT2D eigenvalue weighted by atomic mass is 10.0. The minimum atomic E-state index is -0.624. The zero-order valence-corrected chi connectivity index (χ0v) is 16.9. The van der Waals surface area contributed by atoms with Crippen LogP contribution in [0, 0.1) is 0 Å². The standard InChI is InChI=1S/C21H22BrNO5/c22-14-5-6-18-19(11-14)28-21(27-18)7-9-23(10-8-21)12-15(24)20-13-25-16-3-1-2-4-17(16)26-20/h1-6,11,15,20,24H,7-10,12-13H2/t15-,20+/m1/s1. The zero-order valence-electron chi connectivity index (χ0n) is 15.3. The van der Waals surface area contributed by atoms with Gasteiger partial charge in [0, 0.05) is 36.9 Å². The monoisotopic (exact) mass is 447 g/mol. The fourth-order valence-electron chi connectivity index (χ4n) is 3.96. The zero-order chi connectivity index (χ0) is 19.1. The van der Waals surface area contributed by atoms with E-state index in [0.717, 1.165) is 47.7 Å². The summed E-state index contributed by atoms with van der Waals surface area (Å²) in [7, 11) is 0. The van der Waals surface area contributed by atoms with Crippen molar-refractivity contribution in [2.24, 2.45) is 0 Å². The third-order valence-corrected chi connectivity index (χ3v) is 6.01. The second kappa shape index (κ2) is 7.13. The number of rotatable bonds is 3. The Bertz CT molecular complexity index is 868. The number of ether oxygens (including phenoxy) is 4. The van der Waals surface area contributed by atoms with Crippen molar-refractivity contribution in [1.82, 2.24) is 4.90 Å². The number of nitrogens with zero attached hydrogens (tertiary/aromatic N) is 1. The number of β-amino-alcohol motifs (C(OH)–C–C–N with tert-alkyl or cyclic N) is 1. The summed E-state index contributed by atoms with van der Waals surface area (Å²) in [5.41, 5.74) is 0. The minimum Gasteiger partial charge on any atom is -0.486 e. The molecule has 3 aliphatic rings. The van der Waals surface area contributed by atoms with Crippen molar-refractivity contribution in [3.63, 3.8) is 0 Å². The van der Waals surface area contributed by atoms with Crippen LogP contribution in [0.1, 0.15) is 12.8 Å². The molecule has 5 rings (SSSR count). The van der Waals surface area contributed by atoms with Crippen LogP contribution in [0.4, 0.5) is 0 Å². The lowest BCUT2D eigenvalue weighted by Gasteiger charge is -2.39. The van der Waals surface area contributed by atoms with Gasteiger partial charge in [-0.15, -0.1) is 0 Å². The Kier molecular flexibility index (Phi) is 4.61. The summed E-state index contributed by atoms with van der Waals surface area (Å²) < 4.78 is 24.9. The fourth-order valence-corrected chi connectivity index (χ4v) is 4.30. The Balaban J connectivity index is 1.16. The Hall–Kier alpha value is -1.96. The first kappa shape index (κ1) is 18.1. The van der Waals surface area contributed by atoms with E-state index in [1.807, 2.05) is 42.5 Å². The van der Waals surface area contributed by atoms with E-state index in [2.05, 4.69) is 20.8 Å². The number of hydrogen-bond acceptors (Lipinski definition) is 6. The molecule has 2 aromatic rings. The molecule has 0 amide bonds. The highest BCUT2D eigenvalue weighted by molar-refractivity contribution is 9.10. The van der Waals surface area contributed by atoms with E-state index < -0.39 is 11.9 Å². The summed E-state index contributed by atoms with van der Waals surface area (Å²) in [6, 6.07) is 13.4. The number of piperidine rings is 1. The van der Waals surface area contributed by atoms with Gasteiger partial charge in [-0.1, -0.05) is 28.1 Å². The number of para-hydroxylation sites is 2. The van der Waals surface area contributed by atoms with Gasteiger partial charge in [0.15, 0.2) is 29.1 Å². The molecule has 1 spiro atoms. The average molecular weight is 448 g/mol. The number of likely N-dealkylation sites (tertiary alicyclic amines) is 1. The molecule has 0 radical (unpaired) electrons. The minimum absolute atomic E-state index is 0.354. The van der Waals surface area contributed by atoms with Crippen LogP contribution in [0.25, 0.3) is 0 Å². The van der Waals surface area contributed by atoms with Gasteiger partial charge in [0.2, 0.25) is 0 Å². The van der Waals surface area contributed by atoms with E-state index in [1.54, 1.807) is 0 Å². The molecule has 7 heteroatoms. The number of aliphatic hydroxyl groups excluding tert-OH is 1. The molecular weight excluding hydrogens is 426 g/mol. The molecule has 1 fully saturated rings. The maximum Gasteiger partial charge on any atom is 0.254 e. The van der Waals surface area contributed by atoms with Crippen molar-refractivity contribution in [1.29, 1.82) is 0 Å². The molecule has 0 unspecified atom stereocenters. The second-order valence-electron chi connectivity index (χ2n) is 7.49. The lowest BCUT2D eigenvalue weighted by molar-refractivity contribution is -0.124. The van der Waals surface area contributed by atoms with Crippen LogP contribution in [0.2, 0.25) is 0 Å². The molecule has 0 saturated carbocycles. The molecule has 148 valence electrons. The van der Waals surface area contributed by atoms with Gasteiger partial charge in [0.1, 0.15) is 12.7 Å². The van der Waals surface area contributed by atoms with Gasteiger partial charge in [-0.25, -0.2) is 0 Å². The van der Waals surface area contributed by atoms with Gasteiger partial charge >= 0.3 is 0 Å². The van der Waals surface area contributed by atoms with Gasteiger partial charge in [-0.2, -0.15) is 0 Å². The van der Waals surface area contributed by atoms with Crippen LogP contribution < -0.4 is 18.9 Å². The van der Waals surface area contributed by atoms with E-state index in [4.69, 9.17) is 18.9 Å². The largest absolute Gasteiger partial charge is 0.486 e. The first-order valence-corrected chi connectivity index (χ1v) is 10.4. The highest BCUT2D eigenvalue weighted by atomic mass is 79.9. The quantitative estimate of drug-likeness (QED) is 0.779. The van der Waals surface area contributed by atoms with Crippen LogP contribution in [0.5, 0.6) is 23.0 Å². The SMILES string of the molecule is O[C@H](CN1CCC2(CC1)Oc1ccc(Br)cc1O2)[C@@H]1COc2ccccc2O1. The van der Waals surface area contributed by atoms with Crippen molar-refractivity contribution in [2.45, 2.75) is 30.8 Å². The van der Waals surface area contributed by atoms with E-state index in [0.29, 0.717) is 18.9 Å². The molecule has 3 heterocycles. The molecule has 1 N–H and O–H groups in total.